The highest BCUT2D eigenvalue weighted by atomic mass is 35.5. The van der Waals surface area contributed by atoms with Gasteiger partial charge in [-0.05, 0) is 39.7 Å². The van der Waals surface area contributed by atoms with Crippen molar-refractivity contribution < 1.29 is 23.5 Å². The lowest BCUT2D eigenvalue weighted by molar-refractivity contribution is 0.0527. The number of nitrogens with zero attached hydrogens (tertiary/aromatic N) is 2. The van der Waals surface area contributed by atoms with Crippen LogP contribution >= 0.6 is 34.5 Å². The second-order valence-corrected chi connectivity index (χ2v) is 11.7. The first kappa shape index (κ1) is 29.8. The van der Waals surface area contributed by atoms with E-state index in [9.17, 15) is 14.4 Å². The van der Waals surface area contributed by atoms with Gasteiger partial charge in [0.2, 0.25) is 0 Å². The van der Waals surface area contributed by atoms with Gasteiger partial charge >= 0.3 is 5.97 Å². The van der Waals surface area contributed by atoms with Crippen LogP contribution in [-0.4, -0.2) is 59.7 Å². The summed E-state index contributed by atoms with van der Waals surface area (Å²) in [6, 6.07) is 8.63. The topological polar surface area (TPSA) is 116 Å². The molecular weight excluding hydrogens is 580 g/mol. The van der Waals surface area contributed by atoms with Crippen LogP contribution in [0, 0.1) is 6.92 Å². The number of alkyl halides is 1. The van der Waals surface area contributed by atoms with Crippen LogP contribution in [0.5, 0.6) is 0 Å². The molecule has 1 aliphatic rings. The number of ether oxygens (including phenoxy) is 1. The molecule has 0 radical (unpaired) electrons. The molecule has 9 nitrogen and oxygen atoms in total. The van der Waals surface area contributed by atoms with Crippen LogP contribution in [0.4, 0.5) is 9.52 Å². The van der Waals surface area contributed by atoms with Crippen LogP contribution in [-0.2, 0) is 10.3 Å². The number of aryl methyl sites for hydroxylation is 1. The van der Waals surface area contributed by atoms with Crippen molar-refractivity contribution in [2.45, 2.75) is 51.9 Å². The zero-order valence-electron chi connectivity index (χ0n) is 22.4. The fraction of sp³-hybridized carbons (Fsp3) is 0.407. The van der Waals surface area contributed by atoms with Gasteiger partial charge in [0, 0.05) is 12.2 Å². The van der Waals surface area contributed by atoms with Crippen molar-refractivity contribution in [3.05, 3.63) is 67.9 Å². The number of thiazole rings is 1. The summed E-state index contributed by atoms with van der Waals surface area (Å²) < 4.78 is 20.4. The minimum absolute atomic E-state index is 0.0395. The lowest BCUT2D eigenvalue weighted by atomic mass is 9.94. The Labute approximate surface area is 245 Å². The number of H-pyrrole nitrogens is 1. The number of hydrogen-bond donors (Lipinski definition) is 3. The number of esters is 1. The maximum atomic E-state index is 15.3. The number of nitrogens with one attached hydrogen (secondary N) is 3. The number of hydrogen-bond acceptors (Lipinski definition) is 7. The fourth-order valence-electron chi connectivity index (χ4n) is 4.41. The van der Waals surface area contributed by atoms with Crippen LogP contribution in [0.25, 0.3) is 0 Å². The van der Waals surface area contributed by atoms with Gasteiger partial charge in [-0.15, -0.1) is 0 Å². The molecule has 214 valence electrons. The average Bonchev–Trinajstić information content (AvgIpc) is 3.48. The number of anilines is 1. The number of piperidine rings is 1. The van der Waals surface area contributed by atoms with E-state index >= 15 is 4.39 Å². The van der Waals surface area contributed by atoms with E-state index in [-0.39, 0.29) is 45.9 Å². The molecule has 1 aliphatic heterocycles. The van der Waals surface area contributed by atoms with Crippen LogP contribution < -0.4 is 15.5 Å². The number of benzene rings is 1. The molecule has 13 heteroatoms. The van der Waals surface area contributed by atoms with Crippen molar-refractivity contribution in [3.8, 4) is 0 Å². The minimum atomic E-state index is -1.45. The predicted molar refractivity (Wildman–Crippen MR) is 154 cm³/mol. The largest absolute Gasteiger partial charge is 0.462 e. The molecule has 2 aromatic heterocycles. The Hall–Kier alpha value is -3.15. The van der Waals surface area contributed by atoms with Gasteiger partial charge in [-0.3, -0.25) is 9.59 Å². The van der Waals surface area contributed by atoms with Gasteiger partial charge in [0.1, 0.15) is 16.7 Å². The third-order valence-electron chi connectivity index (χ3n) is 6.62. The molecule has 0 spiro atoms. The van der Waals surface area contributed by atoms with Crippen LogP contribution in [0.1, 0.15) is 69.1 Å². The number of aromatic amines is 1. The Balaban J connectivity index is 1.50. The molecule has 1 fully saturated rings. The van der Waals surface area contributed by atoms with Gasteiger partial charge in [-0.2, -0.15) is 0 Å². The molecule has 0 saturated carbocycles. The van der Waals surface area contributed by atoms with E-state index in [4.69, 9.17) is 27.9 Å². The van der Waals surface area contributed by atoms with Crippen molar-refractivity contribution in [1.82, 2.24) is 20.6 Å². The first-order valence-corrected chi connectivity index (χ1v) is 14.3. The Kier molecular flexibility index (Phi) is 9.06. The molecule has 1 aromatic carbocycles. The summed E-state index contributed by atoms with van der Waals surface area (Å²) in [6.45, 7) is 7.39. The van der Waals surface area contributed by atoms with E-state index in [0.717, 1.165) is 16.9 Å². The highest BCUT2D eigenvalue weighted by Gasteiger charge is 2.35. The monoisotopic (exact) mass is 609 g/mol. The summed E-state index contributed by atoms with van der Waals surface area (Å²) in [5.41, 5.74) is 0.656. The quantitative estimate of drug-likeness (QED) is 0.299. The molecule has 1 saturated heterocycles. The predicted octanol–water partition coefficient (Wildman–Crippen LogP) is 5.28. The Bertz CT molecular complexity index is 1410. The number of halogens is 3. The smallest absolute Gasteiger partial charge is 0.350 e. The van der Waals surface area contributed by atoms with E-state index in [1.165, 1.54) is 0 Å². The summed E-state index contributed by atoms with van der Waals surface area (Å²) in [5.74, 6) is -1.78. The van der Waals surface area contributed by atoms with Crippen LogP contribution in [0.3, 0.4) is 0 Å². The van der Waals surface area contributed by atoms with Crippen molar-refractivity contribution in [1.29, 1.82) is 0 Å². The van der Waals surface area contributed by atoms with Gasteiger partial charge in [-0.1, -0.05) is 64.9 Å². The lowest BCUT2D eigenvalue weighted by Gasteiger charge is -2.34. The number of rotatable bonds is 8. The standard InChI is InChI=1S/C27H30Cl2FN5O4S/c1-5-39-25(38)22-21(24(37)34-27(3,4)15-9-7-6-8-10-15)33-26(40-22)35-12-11-17(16(30)13-35)32-23(36)20-19(29)18(28)14(2)31-20/h6-10,16-17,31H,5,11-13H2,1-4H3,(H,32,36)(H,34,37)/t16-,17+/m0/s1. The molecule has 3 N–H and O–H groups in total. The lowest BCUT2D eigenvalue weighted by Crippen LogP contribution is -2.52. The fourth-order valence-corrected chi connectivity index (χ4v) is 5.82. The highest BCUT2D eigenvalue weighted by Crippen LogP contribution is 2.32. The Morgan fingerprint density at radius 3 is 2.50 bits per heavy atom. The summed E-state index contributed by atoms with van der Waals surface area (Å²) in [6.07, 6.45) is -1.19. The molecule has 0 aliphatic carbocycles. The van der Waals surface area contributed by atoms with Crippen molar-refractivity contribution in [2.24, 2.45) is 0 Å². The van der Waals surface area contributed by atoms with Gasteiger partial charge < -0.3 is 25.3 Å². The number of aromatic nitrogens is 2. The van der Waals surface area contributed by atoms with Crippen LogP contribution in [0.15, 0.2) is 30.3 Å². The zero-order valence-corrected chi connectivity index (χ0v) is 24.8. The number of amides is 2. The molecule has 4 rings (SSSR count). The average molecular weight is 611 g/mol. The van der Waals surface area contributed by atoms with Crippen molar-refractivity contribution >= 4 is 57.5 Å². The minimum Gasteiger partial charge on any atom is -0.462 e. The van der Waals surface area contributed by atoms with Gasteiger partial charge in [-0.25, -0.2) is 14.2 Å². The molecule has 2 atom stereocenters. The van der Waals surface area contributed by atoms with E-state index in [1.54, 1.807) is 18.7 Å². The van der Waals surface area contributed by atoms with Crippen molar-refractivity contribution in [2.75, 3.05) is 24.6 Å². The van der Waals surface area contributed by atoms with Gasteiger partial charge in [0.25, 0.3) is 11.8 Å². The molecular formula is C27H30Cl2FN5O4S. The van der Waals surface area contributed by atoms with E-state index in [2.05, 4.69) is 20.6 Å². The second-order valence-electron chi connectivity index (χ2n) is 9.92. The maximum absolute atomic E-state index is 15.3. The molecule has 3 heterocycles. The van der Waals surface area contributed by atoms with E-state index in [1.807, 2.05) is 44.2 Å². The van der Waals surface area contributed by atoms with Crippen LogP contribution in [0.2, 0.25) is 10.0 Å². The van der Waals surface area contributed by atoms with E-state index in [0.29, 0.717) is 17.4 Å². The highest BCUT2D eigenvalue weighted by molar-refractivity contribution is 7.17. The Morgan fingerprint density at radius 2 is 1.90 bits per heavy atom. The Morgan fingerprint density at radius 1 is 1.20 bits per heavy atom. The third-order valence-corrected chi connectivity index (χ3v) is 8.67. The first-order chi connectivity index (χ1) is 18.9. The summed E-state index contributed by atoms with van der Waals surface area (Å²) in [5, 5.41) is 6.26. The van der Waals surface area contributed by atoms with E-state index < -0.39 is 35.5 Å². The number of carbonyl (C=O) groups is 3. The summed E-state index contributed by atoms with van der Waals surface area (Å²) in [7, 11) is 0. The molecule has 40 heavy (non-hydrogen) atoms. The SMILES string of the molecule is CCOC(=O)c1sc(N2CC[C@@H](NC(=O)c3[nH]c(C)c(Cl)c3Cl)[C@@H](F)C2)nc1C(=O)NC(C)(C)c1ccccc1. The van der Waals surface area contributed by atoms with Gasteiger partial charge in [0.15, 0.2) is 10.8 Å². The summed E-state index contributed by atoms with van der Waals surface area (Å²) in [4.78, 5) is 47.7. The third kappa shape index (κ3) is 6.26. The molecule has 3 aromatic rings. The maximum Gasteiger partial charge on any atom is 0.350 e. The molecule has 0 unspecified atom stereocenters. The van der Waals surface area contributed by atoms with Gasteiger partial charge in [0.05, 0.1) is 34.8 Å². The van der Waals surface area contributed by atoms with Crippen molar-refractivity contribution in [3.63, 3.8) is 0 Å². The zero-order chi connectivity index (χ0) is 29.2. The summed E-state index contributed by atoms with van der Waals surface area (Å²) >= 11 is 13.2. The molecule has 2 amide bonds. The first-order valence-electron chi connectivity index (χ1n) is 12.7. The normalized spacial score (nSPS) is 17.4. The molecule has 0 bridgehead atoms. The second kappa shape index (κ2) is 12.2. The number of carbonyl (C=O) groups excluding carboxylic acids is 3.